The lowest BCUT2D eigenvalue weighted by atomic mass is 10.1. The molecule has 1 aliphatic carbocycles. The average molecular weight is 282 g/mol. The first-order chi connectivity index (χ1) is 9.00. The molecule has 0 heterocycles. The Kier molecular flexibility index (Phi) is 4.47. The molecule has 5 heteroatoms. The van der Waals surface area contributed by atoms with E-state index in [1.165, 1.54) is 25.7 Å². The van der Waals surface area contributed by atoms with Crippen LogP contribution in [0.1, 0.15) is 37.7 Å². The predicted molar refractivity (Wildman–Crippen MR) is 77.4 cm³/mol. The number of nitrogens with one attached hydrogen (secondary N) is 1. The summed E-state index contributed by atoms with van der Waals surface area (Å²) in [6, 6.07) is 5.16. The smallest absolute Gasteiger partial charge is 0.242 e. The quantitative estimate of drug-likeness (QED) is 0.815. The van der Waals surface area contributed by atoms with E-state index in [4.69, 9.17) is 5.73 Å². The highest BCUT2D eigenvalue weighted by Crippen LogP contribution is 2.27. The van der Waals surface area contributed by atoms with Crippen molar-refractivity contribution in [3.05, 3.63) is 23.8 Å². The molecular formula is C14H22N2O2S. The van der Waals surface area contributed by atoms with E-state index in [1.54, 1.807) is 25.1 Å². The largest absolute Gasteiger partial charge is 0.398 e. The molecule has 1 aliphatic rings. The van der Waals surface area contributed by atoms with Crippen LogP contribution < -0.4 is 10.5 Å². The summed E-state index contributed by atoms with van der Waals surface area (Å²) >= 11 is 0. The molecule has 0 radical (unpaired) electrons. The van der Waals surface area contributed by atoms with Gasteiger partial charge in [-0.2, -0.15) is 0 Å². The first-order valence-electron chi connectivity index (χ1n) is 6.85. The van der Waals surface area contributed by atoms with Gasteiger partial charge in [0.2, 0.25) is 10.0 Å². The van der Waals surface area contributed by atoms with Crippen LogP contribution in [-0.2, 0) is 10.0 Å². The van der Waals surface area contributed by atoms with Gasteiger partial charge >= 0.3 is 0 Å². The third-order valence-electron chi connectivity index (χ3n) is 3.83. The number of sulfonamides is 1. The minimum Gasteiger partial charge on any atom is -0.398 e. The number of aryl methyl sites for hydroxylation is 1. The number of nitrogens with two attached hydrogens (primary N) is 1. The Hall–Kier alpha value is -1.07. The number of nitrogen functional groups attached to an aromatic ring is 1. The maximum Gasteiger partial charge on any atom is 0.242 e. The Bertz CT molecular complexity index is 514. The lowest BCUT2D eigenvalue weighted by molar-refractivity contribution is 0.495. The Morgan fingerprint density at radius 2 is 2.00 bits per heavy atom. The maximum absolute atomic E-state index is 12.3. The van der Waals surface area contributed by atoms with Crippen molar-refractivity contribution in [2.45, 2.75) is 43.9 Å². The van der Waals surface area contributed by atoms with E-state index in [0.29, 0.717) is 23.7 Å². The second kappa shape index (κ2) is 5.92. The van der Waals surface area contributed by atoms with Gasteiger partial charge in [0.15, 0.2) is 0 Å². The maximum atomic E-state index is 12.3. The average Bonchev–Trinajstić information content (AvgIpc) is 2.81. The minimum absolute atomic E-state index is 0.224. The molecule has 3 N–H and O–H groups in total. The van der Waals surface area contributed by atoms with Gasteiger partial charge in [0.25, 0.3) is 0 Å². The number of hydrogen-bond acceptors (Lipinski definition) is 3. The summed E-state index contributed by atoms with van der Waals surface area (Å²) < 4.78 is 27.2. The summed E-state index contributed by atoms with van der Waals surface area (Å²) in [7, 11) is -3.49. The summed E-state index contributed by atoms with van der Waals surface area (Å²) in [6.07, 6.45) is 5.94. The molecule has 0 amide bonds. The van der Waals surface area contributed by atoms with Crippen molar-refractivity contribution < 1.29 is 8.42 Å². The fraction of sp³-hybridized carbons (Fsp3) is 0.571. The molecule has 0 aliphatic heterocycles. The standard InChI is InChI=1S/C14H22N2O2S/c1-11-5-4-8-13(15)14(11)19(17,18)16-10-9-12-6-2-3-7-12/h4-5,8,12,16H,2-3,6-7,9-10,15H2,1H3. The van der Waals surface area contributed by atoms with Gasteiger partial charge in [-0.05, 0) is 30.9 Å². The highest BCUT2D eigenvalue weighted by molar-refractivity contribution is 7.89. The van der Waals surface area contributed by atoms with Crippen LogP contribution in [0.5, 0.6) is 0 Å². The highest BCUT2D eigenvalue weighted by atomic mass is 32.2. The van der Waals surface area contributed by atoms with Crippen LogP contribution >= 0.6 is 0 Å². The summed E-state index contributed by atoms with van der Waals surface area (Å²) in [5, 5.41) is 0. The van der Waals surface area contributed by atoms with Gasteiger partial charge in [-0.3, -0.25) is 0 Å². The summed E-state index contributed by atoms with van der Waals surface area (Å²) in [6.45, 7) is 2.27. The molecule has 1 aromatic rings. The molecular weight excluding hydrogens is 260 g/mol. The van der Waals surface area contributed by atoms with E-state index in [0.717, 1.165) is 6.42 Å². The Labute approximate surface area is 115 Å². The van der Waals surface area contributed by atoms with E-state index in [9.17, 15) is 8.42 Å². The second-order valence-corrected chi connectivity index (χ2v) is 7.03. The van der Waals surface area contributed by atoms with Crippen molar-refractivity contribution in [2.75, 3.05) is 12.3 Å². The summed E-state index contributed by atoms with van der Waals surface area (Å²) in [4.78, 5) is 0.224. The van der Waals surface area contributed by atoms with Crippen molar-refractivity contribution in [3.8, 4) is 0 Å². The molecule has 0 saturated heterocycles. The zero-order chi connectivity index (χ0) is 13.9. The molecule has 0 aromatic heterocycles. The van der Waals surface area contributed by atoms with Gasteiger partial charge in [0.05, 0.1) is 5.69 Å². The van der Waals surface area contributed by atoms with Crippen LogP contribution in [-0.4, -0.2) is 15.0 Å². The Morgan fingerprint density at radius 1 is 1.32 bits per heavy atom. The molecule has 0 unspecified atom stereocenters. The van der Waals surface area contributed by atoms with Crippen molar-refractivity contribution in [3.63, 3.8) is 0 Å². The van der Waals surface area contributed by atoms with Crippen LogP contribution in [0.4, 0.5) is 5.69 Å². The van der Waals surface area contributed by atoms with Crippen LogP contribution in [0.25, 0.3) is 0 Å². The van der Waals surface area contributed by atoms with Gasteiger partial charge in [-0.1, -0.05) is 37.8 Å². The zero-order valence-corrected chi connectivity index (χ0v) is 12.2. The molecule has 0 spiro atoms. The van der Waals surface area contributed by atoms with E-state index in [2.05, 4.69) is 4.72 Å². The third kappa shape index (κ3) is 3.48. The predicted octanol–water partition coefficient (Wildman–Crippen LogP) is 2.44. The normalized spacial score (nSPS) is 16.9. The third-order valence-corrected chi connectivity index (χ3v) is 5.51. The molecule has 0 atom stereocenters. The van der Waals surface area contributed by atoms with Crippen LogP contribution in [0, 0.1) is 12.8 Å². The zero-order valence-electron chi connectivity index (χ0n) is 11.4. The molecule has 0 bridgehead atoms. The molecule has 4 nitrogen and oxygen atoms in total. The number of rotatable bonds is 5. The van der Waals surface area contributed by atoms with E-state index in [-0.39, 0.29) is 4.90 Å². The SMILES string of the molecule is Cc1cccc(N)c1S(=O)(=O)NCCC1CCCC1. The van der Waals surface area contributed by atoms with Crippen molar-refractivity contribution in [1.29, 1.82) is 0 Å². The van der Waals surface area contributed by atoms with E-state index < -0.39 is 10.0 Å². The molecule has 106 valence electrons. The van der Waals surface area contributed by atoms with Crippen molar-refractivity contribution in [2.24, 2.45) is 5.92 Å². The Morgan fingerprint density at radius 3 is 2.63 bits per heavy atom. The fourth-order valence-corrected chi connectivity index (χ4v) is 4.21. The van der Waals surface area contributed by atoms with Crippen molar-refractivity contribution in [1.82, 2.24) is 4.72 Å². The molecule has 1 fully saturated rings. The molecule has 1 saturated carbocycles. The molecule has 1 aromatic carbocycles. The molecule has 2 rings (SSSR count). The number of anilines is 1. The van der Waals surface area contributed by atoms with Crippen LogP contribution in [0.15, 0.2) is 23.1 Å². The highest BCUT2D eigenvalue weighted by Gasteiger charge is 2.21. The summed E-state index contributed by atoms with van der Waals surface area (Å²) in [5.41, 5.74) is 6.78. The van der Waals surface area contributed by atoms with Crippen LogP contribution in [0.3, 0.4) is 0 Å². The first-order valence-corrected chi connectivity index (χ1v) is 8.34. The fourth-order valence-electron chi connectivity index (χ4n) is 2.81. The lowest BCUT2D eigenvalue weighted by Crippen LogP contribution is -2.27. The molecule has 19 heavy (non-hydrogen) atoms. The van der Waals surface area contributed by atoms with Gasteiger partial charge < -0.3 is 5.73 Å². The number of hydrogen-bond donors (Lipinski definition) is 2. The van der Waals surface area contributed by atoms with Crippen molar-refractivity contribution >= 4 is 15.7 Å². The van der Waals surface area contributed by atoms with Gasteiger partial charge in [0, 0.05) is 6.54 Å². The van der Waals surface area contributed by atoms with Gasteiger partial charge in [0.1, 0.15) is 4.90 Å². The summed E-state index contributed by atoms with van der Waals surface area (Å²) in [5.74, 6) is 0.678. The number of benzene rings is 1. The van der Waals surface area contributed by atoms with Gasteiger partial charge in [-0.25, -0.2) is 13.1 Å². The minimum atomic E-state index is -3.49. The lowest BCUT2D eigenvalue weighted by Gasteiger charge is -2.13. The first kappa shape index (κ1) is 14.3. The van der Waals surface area contributed by atoms with Gasteiger partial charge in [-0.15, -0.1) is 0 Å². The second-order valence-electron chi connectivity index (χ2n) is 5.33. The van der Waals surface area contributed by atoms with E-state index >= 15 is 0 Å². The monoisotopic (exact) mass is 282 g/mol. The Balaban J connectivity index is 2.01. The topological polar surface area (TPSA) is 72.2 Å². The van der Waals surface area contributed by atoms with E-state index in [1.807, 2.05) is 0 Å². The van der Waals surface area contributed by atoms with Crippen LogP contribution in [0.2, 0.25) is 0 Å².